The zero-order valence-corrected chi connectivity index (χ0v) is 14.1. The largest absolute Gasteiger partial charge is 0.353 e. The zero-order valence-electron chi connectivity index (χ0n) is 14.1. The predicted octanol–water partition coefficient (Wildman–Crippen LogP) is 4.90. The highest BCUT2D eigenvalue weighted by molar-refractivity contribution is 5.73. The van der Waals surface area contributed by atoms with E-state index in [0.717, 1.165) is 37.9 Å². The van der Waals surface area contributed by atoms with Crippen LogP contribution in [-0.2, 0) is 14.3 Å². The highest BCUT2D eigenvalue weighted by Crippen LogP contribution is 2.14. The molecule has 0 unspecified atom stereocenters. The first-order valence-corrected chi connectivity index (χ1v) is 8.03. The van der Waals surface area contributed by atoms with Crippen molar-refractivity contribution in [1.29, 1.82) is 0 Å². The predicted molar refractivity (Wildman–Crippen MR) is 85.9 cm³/mol. The van der Waals surface area contributed by atoms with Gasteiger partial charge in [-0.2, -0.15) is 0 Å². The third-order valence-electron chi connectivity index (χ3n) is 2.78. The normalized spacial score (nSPS) is 13.6. The maximum Gasteiger partial charge on any atom is 0.154 e. The highest BCUT2D eigenvalue weighted by Gasteiger charge is 1.99. The van der Waals surface area contributed by atoms with E-state index < -0.39 is 0 Å². The van der Waals surface area contributed by atoms with Crippen LogP contribution < -0.4 is 0 Å². The number of aldehydes is 1. The van der Waals surface area contributed by atoms with E-state index in [2.05, 4.69) is 13.8 Å². The van der Waals surface area contributed by atoms with Crippen molar-refractivity contribution in [3.63, 3.8) is 0 Å². The Hall–Kier alpha value is -0.670. The molecule has 120 valence electrons. The summed E-state index contributed by atoms with van der Waals surface area (Å²) < 4.78 is 10.1. The van der Waals surface area contributed by atoms with Crippen LogP contribution in [0.25, 0.3) is 0 Å². The lowest BCUT2D eigenvalue weighted by Gasteiger charge is -2.09. The van der Waals surface area contributed by atoms with Gasteiger partial charge in [0, 0.05) is 13.2 Å². The molecule has 0 aromatic carbocycles. The van der Waals surface area contributed by atoms with Crippen LogP contribution >= 0.6 is 0 Å². The van der Waals surface area contributed by atoms with Gasteiger partial charge in [-0.05, 0) is 52.0 Å². The molecule has 0 aromatic heterocycles. The standard InChI is InChI=1S/C7H10O.C6H14O2.C4H10/c8-6-7-4-2-1-3-5-7;1-4-7-6(3)8-5-2;1-3-4-2/h4,6H,1-3,5H2;6H,4-5H2,1-3H3;3-4H2,1-2H3. The quantitative estimate of drug-likeness (QED) is 0.515. The Morgan fingerprint density at radius 1 is 1.10 bits per heavy atom. The molecule has 0 aromatic rings. The maximum atomic E-state index is 10.1. The summed E-state index contributed by atoms with van der Waals surface area (Å²) in [6.07, 6.45) is 10.2. The van der Waals surface area contributed by atoms with Gasteiger partial charge >= 0.3 is 0 Å². The van der Waals surface area contributed by atoms with Gasteiger partial charge in [0.05, 0.1) is 0 Å². The lowest BCUT2D eigenvalue weighted by Crippen LogP contribution is -2.11. The lowest BCUT2D eigenvalue weighted by molar-refractivity contribution is -0.123. The third kappa shape index (κ3) is 17.3. The summed E-state index contributed by atoms with van der Waals surface area (Å²) in [5, 5.41) is 0. The Kier molecular flexibility index (Phi) is 19.8. The van der Waals surface area contributed by atoms with E-state index in [1.54, 1.807) is 0 Å². The summed E-state index contributed by atoms with van der Waals surface area (Å²) in [6, 6.07) is 0. The lowest BCUT2D eigenvalue weighted by atomic mass is 10.0. The Balaban J connectivity index is 0. The number of hydrogen-bond donors (Lipinski definition) is 0. The van der Waals surface area contributed by atoms with E-state index in [1.807, 2.05) is 26.8 Å². The second-order valence-electron chi connectivity index (χ2n) is 4.62. The second kappa shape index (κ2) is 18.3. The maximum absolute atomic E-state index is 10.1. The Bertz CT molecular complexity index is 216. The van der Waals surface area contributed by atoms with Crippen molar-refractivity contribution < 1.29 is 14.3 Å². The fourth-order valence-electron chi connectivity index (χ4n) is 1.49. The van der Waals surface area contributed by atoms with Crippen molar-refractivity contribution in [2.45, 2.75) is 79.4 Å². The molecule has 0 bridgehead atoms. The summed E-state index contributed by atoms with van der Waals surface area (Å²) in [6.45, 7) is 11.6. The molecule has 0 saturated heterocycles. The molecular formula is C17H34O3. The van der Waals surface area contributed by atoms with Gasteiger partial charge in [0.15, 0.2) is 6.29 Å². The number of ether oxygens (including phenoxy) is 2. The topological polar surface area (TPSA) is 35.5 Å². The van der Waals surface area contributed by atoms with Gasteiger partial charge in [0.2, 0.25) is 0 Å². The smallest absolute Gasteiger partial charge is 0.154 e. The molecular weight excluding hydrogens is 252 g/mol. The highest BCUT2D eigenvalue weighted by atomic mass is 16.7. The fraction of sp³-hybridized carbons (Fsp3) is 0.824. The van der Waals surface area contributed by atoms with Gasteiger partial charge in [-0.15, -0.1) is 0 Å². The molecule has 20 heavy (non-hydrogen) atoms. The summed E-state index contributed by atoms with van der Waals surface area (Å²) >= 11 is 0. The Morgan fingerprint density at radius 2 is 1.65 bits per heavy atom. The van der Waals surface area contributed by atoms with Gasteiger partial charge in [-0.1, -0.05) is 32.8 Å². The second-order valence-corrected chi connectivity index (χ2v) is 4.62. The number of unbranched alkanes of at least 4 members (excludes halogenated alkanes) is 1. The number of rotatable bonds is 6. The summed E-state index contributed by atoms with van der Waals surface area (Å²) in [4.78, 5) is 10.1. The number of allylic oxidation sites excluding steroid dienone is 2. The van der Waals surface area contributed by atoms with Crippen molar-refractivity contribution >= 4 is 6.29 Å². The van der Waals surface area contributed by atoms with E-state index in [0.29, 0.717) is 0 Å². The molecule has 3 heteroatoms. The van der Waals surface area contributed by atoms with E-state index in [-0.39, 0.29) is 6.29 Å². The van der Waals surface area contributed by atoms with Crippen LogP contribution in [0.5, 0.6) is 0 Å². The van der Waals surface area contributed by atoms with Crippen LogP contribution in [-0.4, -0.2) is 25.8 Å². The molecule has 1 rings (SSSR count). The minimum atomic E-state index is -0.0370. The summed E-state index contributed by atoms with van der Waals surface area (Å²) in [7, 11) is 0. The average molecular weight is 286 g/mol. The first-order chi connectivity index (χ1) is 9.65. The van der Waals surface area contributed by atoms with Gasteiger partial charge in [0.25, 0.3) is 0 Å². The number of hydrogen-bond acceptors (Lipinski definition) is 3. The van der Waals surface area contributed by atoms with Crippen LogP contribution in [0.15, 0.2) is 11.6 Å². The van der Waals surface area contributed by atoms with Crippen molar-refractivity contribution in [3.8, 4) is 0 Å². The van der Waals surface area contributed by atoms with Crippen LogP contribution in [0.3, 0.4) is 0 Å². The van der Waals surface area contributed by atoms with E-state index >= 15 is 0 Å². The molecule has 1 aliphatic rings. The molecule has 0 aliphatic heterocycles. The van der Waals surface area contributed by atoms with Crippen LogP contribution in [0, 0.1) is 0 Å². The molecule has 0 heterocycles. The molecule has 3 nitrogen and oxygen atoms in total. The van der Waals surface area contributed by atoms with Crippen molar-refractivity contribution in [1.82, 2.24) is 0 Å². The van der Waals surface area contributed by atoms with Crippen molar-refractivity contribution in [2.24, 2.45) is 0 Å². The van der Waals surface area contributed by atoms with Gasteiger partial charge in [-0.3, -0.25) is 4.79 Å². The van der Waals surface area contributed by atoms with E-state index in [9.17, 15) is 4.79 Å². The summed E-state index contributed by atoms with van der Waals surface area (Å²) in [5.74, 6) is 0. The first-order valence-electron chi connectivity index (χ1n) is 8.03. The minimum absolute atomic E-state index is 0.0370. The van der Waals surface area contributed by atoms with Gasteiger partial charge in [0.1, 0.15) is 6.29 Å². The molecule has 0 saturated carbocycles. The van der Waals surface area contributed by atoms with Crippen molar-refractivity contribution in [2.75, 3.05) is 13.2 Å². The molecule has 0 fully saturated rings. The number of carbonyl (C=O) groups is 1. The molecule has 0 radical (unpaired) electrons. The molecule has 0 amide bonds. The number of carbonyl (C=O) groups excluding carboxylic acids is 1. The molecule has 0 N–H and O–H groups in total. The third-order valence-corrected chi connectivity index (χ3v) is 2.78. The molecule has 0 spiro atoms. The van der Waals surface area contributed by atoms with Gasteiger partial charge in [-0.25, -0.2) is 0 Å². The first kappa shape index (κ1) is 21.6. The minimum Gasteiger partial charge on any atom is -0.353 e. The van der Waals surface area contributed by atoms with E-state index in [4.69, 9.17) is 9.47 Å². The monoisotopic (exact) mass is 286 g/mol. The van der Waals surface area contributed by atoms with E-state index in [1.165, 1.54) is 25.7 Å². The molecule has 0 atom stereocenters. The van der Waals surface area contributed by atoms with Crippen LogP contribution in [0.4, 0.5) is 0 Å². The fourth-order valence-corrected chi connectivity index (χ4v) is 1.49. The SMILES string of the molecule is CCCC.CCOC(C)OCC.O=CC1=CCCCC1. The Labute approximate surface area is 125 Å². The summed E-state index contributed by atoms with van der Waals surface area (Å²) in [5.41, 5.74) is 0.997. The zero-order chi connectivity index (χ0) is 15.6. The van der Waals surface area contributed by atoms with Gasteiger partial charge < -0.3 is 9.47 Å². The average Bonchev–Trinajstić information content (AvgIpc) is 2.49. The van der Waals surface area contributed by atoms with Crippen LogP contribution in [0.2, 0.25) is 0 Å². The van der Waals surface area contributed by atoms with Crippen LogP contribution in [0.1, 0.15) is 73.1 Å². The Morgan fingerprint density at radius 3 is 1.90 bits per heavy atom. The van der Waals surface area contributed by atoms with Crippen molar-refractivity contribution in [3.05, 3.63) is 11.6 Å². The molecule has 1 aliphatic carbocycles.